The molecule has 0 heterocycles. The van der Waals surface area contributed by atoms with E-state index in [1.165, 1.54) is 24.8 Å². The molecule has 102 valence electrons. The van der Waals surface area contributed by atoms with Crippen LogP contribution >= 0.6 is 0 Å². The Morgan fingerprint density at radius 1 is 1.32 bits per heavy atom. The molecule has 1 aromatic rings. The second-order valence-corrected chi connectivity index (χ2v) is 5.89. The smallest absolute Gasteiger partial charge is 0.0991 e. The number of nitrogens with one attached hydrogen (secondary N) is 1. The maximum atomic E-state index is 8.87. The zero-order valence-electron chi connectivity index (χ0n) is 12.2. The third-order valence-electron chi connectivity index (χ3n) is 4.91. The molecule has 0 radical (unpaired) electrons. The lowest BCUT2D eigenvalue weighted by molar-refractivity contribution is 0.0445. The van der Waals surface area contributed by atoms with Crippen LogP contribution in [0.3, 0.4) is 0 Å². The largest absolute Gasteiger partial charge is 0.313 e. The molecule has 1 saturated carbocycles. The number of rotatable bonds is 5. The van der Waals surface area contributed by atoms with E-state index < -0.39 is 0 Å². The quantitative estimate of drug-likeness (QED) is 0.869. The molecule has 19 heavy (non-hydrogen) atoms. The summed E-state index contributed by atoms with van der Waals surface area (Å²) < 4.78 is 0. The molecule has 0 amide bonds. The van der Waals surface area contributed by atoms with Gasteiger partial charge in [0.05, 0.1) is 11.6 Å². The van der Waals surface area contributed by atoms with Crippen molar-refractivity contribution in [3.8, 4) is 6.07 Å². The van der Waals surface area contributed by atoms with Crippen molar-refractivity contribution in [2.45, 2.75) is 52.0 Å². The first kappa shape index (κ1) is 14.1. The highest BCUT2D eigenvalue weighted by molar-refractivity contribution is 5.35. The van der Waals surface area contributed by atoms with Crippen molar-refractivity contribution < 1.29 is 0 Å². The molecule has 1 fully saturated rings. The molecule has 0 saturated heterocycles. The SMILES string of the molecule is CCCNC1CC(c2ccc(C#N)cc2)C1(C)CC. The van der Waals surface area contributed by atoms with Gasteiger partial charge >= 0.3 is 0 Å². The average Bonchev–Trinajstić information content (AvgIpc) is 2.46. The Kier molecular flexibility index (Phi) is 4.27. The minimum Gasteiger partial charge on any atom is -0.313 e. The highest BCUT2D eigenvalue weighted by Gasteiger charge is 2.50. The summed E-state index contributed by atoms with van der Waals surface area (Å²) in [6, 6.07) is 11.0. The summed E-state index contributed by atoms with van der Waals surface area (Å²) >= 11 is 0. The highest BCUT2D eigenvalue weighted by Crippen LogP contribution is 2.54. The number of hydrogen-bond acceptors (Lipinski definition) is 2. The molecule has 3 atom stereocenters. The summed E-state index contributed by atoms with van der Waals surface area (Å²) in [6.07, 6.45) is 3.60. The normalized spacial score (nSPS) is 29.6. The lowest BCUT2D eigenvalue weighted by atomic mass is 9.54. The van der Waals surface area contributed by atoms with Crippen molar-refractivity contribution in [1.82, 2.24) is 5.32 Å². The summed E-state index contributed by atoms with van der Waals surface area (Å²) in [6.45, 7) is 8.01. The molecule has 2 nitrogen and oxygen atoms in total. The van der Waals surface area contributed by atoms with E-state index in [0.717, 1.165) is 12.1 Å². The van der Waals surface area contributed by atoms with Crippen LogP contribution in [0.1, 0.15) is 57.1 Å². The predicted octanol–water partition coefficient (Wildman–Crippen LogP) is 3.83. The Hall–Kier alpha value is -1.33. The van der Waals surface area contributed by atoms with Gasteiger partial charge < -0.3 is 5.32 Å². The molecule has 1 aliphatic carbocycles. The van der Waals surface area contributed by atoms with Crippen LogP contribution in [0.25, 0.3) is 0 Å². The first-order valence-corrected chi connectivity index (χ1v) is 7.39. The van der Waals surface area contributed by atoms with Crippen molar-refractivity contribution in [2.75, 3.05) is 6.54 Å². The predicted molar refractivity (Wildman–Crippen MR) is 79.0 cm³/mol. The molecule has 1 aliphatic rings. The van der Waals surface area contributed by atoms with Crippen LogP contribution in [0.5, 0.6) is 0 Å². The molecule has 0 spiro atoms. The number of benzene rings is 1. The summed E-state index contributed by atoms with van der Waals surface area (Å²) in [5.41, 5.74) is 2.49. The van der Waals surface area contributed by atoms with Gasteiger partial charge in [-0.15, -0.1) is 0 Å². The van der Waals surface area contributed by atoms with Crippen molar-refractivity contribution in [1.29, 1.82) is 5.26 Å². The Bertz CT molecular complexity index is 457. The van der Waals surface area contributed by atoms with Crippen molar-refractivity contribution in [3.63, 3.8) is 0 Å². The van der Waals surface area contributed by atoms with Gasteiger partial charge in [0.2, 0.25) is 0 Å². The van der Waals surface area contributed by atoms with E-state index >= 15 is 0 Å². The molecular formula is C17H24N2. The maximum absolute atomic E-state index is 8.87. The van der Waals surface area contributed by atoms with Gasteiger partial charge in [-0.2, -0.15) is 5.26 Å². The monoisotopic (exact) mass is 256 g/mol. The first-order chi connectivity index (χ1) is 9.15. The van der Waals surface area contributed by atoms with E-state index in [0.29, 0.717) is 17.4 Å². The minimum absolute atomic E-state index is 0.351. The molecule has 1 N–H and O–H groups in total. The molecule has 0 aromatic heterocycles. The Labute approximate surface area is 116 Å². The van der Waals surface area contributed by atoms with Gasteiger partial charge in [-0.1, -0.05) is 32.9 Å². The van der Waals surface area contributed by atoms with Crippen molar-refractivity contribution in [3.05, 3.63) is 35.4 Å². The summed E-state index contributed by atoms with van der Waals surface area (Å²) in [5, 5.41) is 12.5. The van der Waals surface area contributed by atoms with E-state index in [1.807, 2.05) is 12.1 Å². The number of nitrogens with zero attached hydrogens (tertiary/aromatic N) is 1. The van der Waals surface area contributed by atoms with Gasteiger partial charge in [0.15, 0.2) is 0 Å². The topological polar surface area (TPSA) is 35.8 Å². The zero-order valence-corrected chi connectivity index (χ0v) is 12.2. The van der Waals surface area contributed by atoms with E-state index in [-0.39, 0.29) is 0 Å². The van der Waals surface area contributed by atoms with Gasteiger partial charge in [-0.05, 0) is 54.8 Å². The van der Waals surface area contributed by atoms with E-state index in [1.54, 1.807) is 0 Å². The van der Waals surface area contributed by atoms with Gasteiger partial charge in [0, 0.05) is 6.04 Å². The van der Waals surface area contributed by atoms with Crippen LogP contribution in [0.2, 0.25) is 0 Å². The van der Waals surface area contributed by atoms with Crippen LogP contribution in [-0.4, -0.2) is 12.6 Å². The lowest BCUT2D eigenvalue weighted by Gasteiger charge is -2.55. The van der Waals surface area contributed by atoms with E-state index in [4.69, 9.17) is 5.26 Å². The molecule has 0 aliphatic heterocycles. The minimum atomic E-state index is 0.351. The van der Waals surface area contributed by atoms with Crippen LogP contribution in [0, 0.1) is 16.7 Å². The van der Waals surface area contributed by atoms with Crippen LogP contribution in [0.4, 0.5) is 0 Å². The fourth-order valence-corrected chi connectivity index (χ4v) is 3.29. The molecular weight excluding hydrogens is 232 g/mol. The third kappa shape index (κ3) is 2.53. The van der Waals surface area contributed by atoms with E-state index in [2.05, 4.69) is 44.3 Å². The number of hydrogen-bond donors (Lipinski definition) is 1. The second-order valence-electron chi connectivity index (χ2n) is 5.89. The average molecular weight is 256 g/mol. The zero-order chi connectivity index (χ0) is 13.9. The summed E-state index contributed by atoms with van der Waals surface area (Å²) in [7, 11) is 0. The van der Waals surface area contributed by atoms with Gasteiger partial charge in [0.25, 0.3) is 0 Å². The fourth-order valence-electron chi connectivity index (χ4n) is 3.29. The summed E-state index contributed by atoms with van der Waals surface area (Å²) in [5.74, 6) is 0.625. The van der Waals surface area contributed by atoms with Crippen molar-refractivity contribution >= 4 is 0 Å². The lowest BCUT2D eigenvalue weighted by Crippen LogP contribution is -2.56. The first-order valence-electron chi connectivity index (χ1n) is 7.39. The highest BCUT2D eigenvalue weighted by atomic mass is 15.0. The van der Waals surface area contributed by atoms with Gasteiger partial charge in [-0.25, -0.2) is 0 Å². The van der Waals surface area contributed by atoms with Crippen LogP contribution < -0.4 is 5.32 Å². The third-order valence-corrected chi connectivity index (χ3v) is 4.91. The Morgan fingerprint density at radius 2 is 2.00 bits per heavy atom. The number of nitriles is 1. The Morgan fingerprint density at radius 3 is 2.53 bits per heavy atom. The maximum Gasteiger partial charge on any atom is 0.0991 e. The molecule has 3 unspecified atom stereocenters. The van der Waals surface area contributed by atoms with E-state index in [9.17, 15) is 0 Å². The van der Waals surface area contributed by atoms with Crippen molar-refractivity contribution in [2.24, 2.45) is 5.41 Å². The van der Waals surface area contributed by atoms with Crippen LogP contribution in [-0.2, 0) is 0 Å². The van der Waals surface area contributed by atoms with Gasteiger partial charge in [0.1, 0.15) is 0 Å². The van der Waals surface area contributed by atoms with Gasteiger partial charge in [-0.3, -0.25) is 0 Å². The summed E-state index contributed by atoms with van der Waals surface area (Å²) in [4.78, 5) is 0. The van der Waals surface area contributed by atoms with Crippen LogP contribution in [0.15, 0.2) is 24.3 Å². The second kappa shape index (κ2) is 5.75. The fraction of sp³-hybridized carbons (Fsp3) is 0.588. The molecule has 0 bridgehead atoms. The molecule has 2 rings (SSSR count). The molecule has 2 heteroatoms. The standard InChI is InChI=1S/C17H24N2/c1-4-10-19-16-11-15(17(16,3)5-2)14-8-6-13(12-18)7-9-14/h6-9,15-16,19H,4-5,10-11H2,1-3H3. The Balaban J connectivity index is 2.11. The molecule has 1 aromatic carbocycles.